The Balaban J connectivity index is 4.20. The van der Waals surface area contributed by atoms with Gasteiger partial charge in [0.25, 0.3) is 10.2 Å². The van der Waals surface area contributed by atoms with Crippen LogP contribution < -0.4 is 4.72 Å². The standard InChI is InChI=1S/C13H30N2O3S/c1-5-6-7-9-13(2,3)12-14-19(17,18)15(4)10-8-11-16/h14,16H,5-12H2,1-4H3. The topological polar surface area (TPSA) is 69.6 Å². The first kappa shape index (κ1) is 18.8. The van der Waals surface area contributed by atoms with E-state index in [9.17, 15) is 8.42 Å². The van der Waals surface area contributed by atoms with Crippen molar-refractivity contribution in [2.75, 3.05) is 26.7 Å². The predicted molar refractivity (Wildman–Crippen MR) is 79.2 cm³/mol. The molecule has 0 spiro atoms. The Morgan fingerprint density at radius 1 is 1.21 bits per heavy atom. The minimum atomic E-state index is -3.42. The largest absolute Gasteiger partial charge is 0.396 e. The molecule has 6 heteroatoms. The Bertz CT molecular complexity index is 329. The van der Waals surface area contributed by atoms with E-state index in [0.29, 0.717) is 19.5 Å². The monoisotopic (exact) mass is 294 g/mol. The molecule has 2 N–H and O–H groups in total. The third kappa shape index (κ3) is 8.57. The second-order valence-electron chi connectivity index (χ2n) is 5.85. The van der Waals surface area contributed by atoms with Crippen LogP contribution in [-0.4, -0.2) is 44.6 Å². The molecule has 0 aromatic carbocycles. The number of nitrogens with one attached hydrogen (secondary N) is 1. The Kier molecular flexibility index (Phi) is 8.81. The van der Waals surface area contributed by atoms with Gasteiger partial charge in [-0.1, -0.05) is 40.0 Å². The van der Waals surface area contributed by atoms with Crippen molar-refractivity contribution in [1.82, 2.24) is 9.03 Å². The van der Waals surface area contributed by atoms with Gasteiger partial charge in [0.05, 0.1) is 0 Å². The van der Waals surface area contributed by atoms with Gasteiger partial charge in [-0.15, -0.1) is 0 Å². The molecule has 0 amide bonds. The number of hydrogen-bond donors (Lipinski definition) is 2. The van der Waals surface area contributed by atoms with Crippen molar-refractivity contribution in [2.45, 2.75) is 52.9 Å². The first-order valence-corrected chi connectivity index (χ1v) is 8.51. The maximum Gasteiger partial charge on any atom is 0.279 e. The SMILES string of the molecule is CCCCCC(C)(C)CNS(=O)(=O)N(C)CCCO. The molecule has 5 nitrogen and oxygen atoms in total. The normalized spacial score (nSPS) is 13.2. The maximum absolute atomic E-state index is 11.9. The molecule has 116 valence electrons. The van der Waals surface area contributed by atoms with E-state index in [1.807, 2.05) is 0 Å². The van der Waals surface area contributed by atoms with E-state index < -0.39 is 10.2 Å². The molecule has 0 rings (SSSR count). The van der Waals surface area contributed by atoms with Crippen LogP contribution in [0.5, 0.6) is 0 Å². The van der Waals surface area contributed by atoms with Crippen LogP contribution in [0.25, 0.3) is 0 Å². The molecule has 0 bridgehead atoms. The van der Waals surface area contributed by atoms with Crippen molar-refractivity contribution in [3.63, 3.8) is 0 Å². The molecular weight excluding hydrogens is 264 g/mol. The summed E-state index contributed by atoms with van der Waals surface area (Å²) in [6.07, 6.45) is 4.96. The molecule has 0 aliphatic heterocycles. The van der Waals surface area contributed by atoms with Crippen molar-refractivity contribution in [2.24, 2.45) is 5.41 Å². The van der Waals surface area contributed by atoms with Gasteiger partial charge in [0.15, 0.2) is 0 Å². The fourth-order valence-electron chi connectivity index (χ4n) is 1.75. The Labute approximate surface area is 118 Å². The second-order valence-corrected chi connectivity index (χ2v) is 7.71. The van der Waals surface area contributed by atoms with Gasteiger partial charge in [0.1, 0.15) is 0 Å². The molecule has 0 saturated heterocycles. The van der Waals surface area contributed by atoms with Gasteiger partial charge in [0.2, 0.25) is 0 Å². The zero-order valence-corrected chi connectivity index (χ0v) is 13.6. The van der Waals surface area contributed by atoms with Gasteiger partial charge < -0.3 is 5.11 Å². The average molecular weight is 294 g/mol. The zero-order valence-electron chi connectivity index (χ0n) is 12.8. The first-order valence-electron chi connectivity index (χ1n) is 7.07. The summed E-state index contributed by atoms with van der Waals surface area (Å²) in [4.78, 5) is 0. The molecule has 0 saturated carbocycles. The van der Waals surface area contributed by atoms with Crippen LogP contribution in [-0.2, 0) is 10.2 Å². The molecule has 0 atom stereocenters. The van der Waals surface area contributed by atoms with Crippen LogP contribution >= 0.6 is 0 Å². The van der Waals surface area contributed by atoms with Crippen LogP contribution in [0.15, 0.2) is 0 Å². The molecule has 0 aromatic rings. The third-order valence-electron chi connectivity index (χ3n) is 3.23. The van der Waals surface area contributed by atoms with Crippen LogP contribution in [0, 0.1) is 5.41 Å². The van der Waals surface area contributed by atoms with E-state index in [-0.39, 0.29) is 12.0 Å². The molecule has 0 heterocycles. The number of rotatable bonds is 11. The molecule has 0 fully saturated rings. The fourth-order valence-corrected chi connectivity index (χ4v) is 2.92. The van der Waals surface area contributed by atoms with Crippen molar-refractivity contribution in [3.8, 4) is 0 Å². The summed E-state index contributed by atoms with van der Waals surface area (Å²) in [5, 5.41) is 8.72. The fraction of sp³-hybridized carbons (Fsp3) is 1.00. The lowest BCUT2D eigenvalue weighted by molar-refractivity contribution is 0.274. The van der Waals surface area contributed by atoms with E-state index in [0.717, 1.165) is 12.8 Å². The third-order valence-corrected chi connectivity index (χ3v) is 4.74. The number of nitrogens with zero attached hydrogens (tertiary/aromatic N) is 1. The van der Waals surface area contributed by atoms with Crippen molar-refractivity contribution >= 4 is 10.2 Å². The highest BCUT2D eigenvalue weighted by atomic mass is 32.2. The highest BCUT2D eigenvalue weighted by molar-refractivity contribution is 7.87. The molecular formula is C13H30N2O3S. The summed E-state index contributed by atoms with van der Waals surface area (Å²) < 4.78 is 27.8. The van der Waals surface area contributed by atoms with Gasteiger partial charge in [-0.3, -0.25) is 0 Å². The van der Waals surface area contributed by atoms with Gasteiger partial charge in [-0.05, 0) is 18.3 Å². The highest BCUT2D eigenvalue weighted by Gasteiger charge is 2.23. The lowest BCUT2D eigenvalue weighted by Crippen LogP contribution is -2.42. The summed E-state index contributed by atoms with van der Waals surface area (Å²) in [6.45, 7) is 7.11. The molecule has 19 heavy (non-hydrogen) atoms. The highest BCUT2D eigenvalue weighted by Crippen LogP contribution is 2.23. The van der Waals surface area contributed by atoms with Gasteiger partial charge in [-0.25, -0.2) is 4.72 Å². The second kappa shape index (κ2) is 8.89. The molecule has 0 aliphatic carbocycles. The molecule has 0 aromatic heterocycles. The van der Waals surface area contributed by atoms with Crippen LogP contribution in [0.4, 0.5) is 0 Å². The number of hydrogen-bond acceptors (Lipinski definition) is 3. The van der Waals surface area contributed by atoms with E-state index in [1.165, 1.54) is 24.2 Å². The summed E-state index contributed by atoms with van der Waals surface area (Å²) in [5.74, 6) is 0. The molecule has 0 radical (unpaired) electrons. The van der Waals surface area contributed by atoms with E-state index in [1.54, 1.807) is 0 Å². The number of unbranched alkanes of at least 4 members (excludes halogenated alkanes) is 2. The average Bonchev–Trinajstić information content (AvgIpc) is 2.34. The smallest absolute Gasteiger partial charge is 0.279 e. The lowest BCUT2D eigenvalue weighted by Gasteiger charge is -2.26. The maximum atomic E-state index is 11.9. The summed E-state index contributed by atoms with van der Waals surface area (Å²) in [7, 11) is -1.89. The van der Waals surface area contributed by atoms with Gasteiger partial charge >= 0.3 is 0 Å². The van der Waals surface area contributed by atoms with E-state index >= 15 is 0 Å². The molecule has 0 aliphatic rings. The van der Waals surface area contributed by atoms with Crippen molar-refractivity contribution in [3.05, 3.63) is 0 Å². The minimum Gasteiger partial charge on any atom is -0.396 e. The first-order chi connectivity index (χ1) is 8.75. The minimum absolute atomic E-state index is 0.00235. The van der Waals surface area contributed by atoms with Crippen molar-refractivity contribution < 1.29 is 13.5 Å². The van der Waals surface area contributed by atoms with E-state index in [4.69, 9.17) is 5.11 Å². The van der Waals surface area contributed by atoms with Crippen molar-refractivity contribution in [1.29, 1.82) is 0 Å². The summed E-state index contributed by atoms with van der Waals surface area (Å²) >= 11 is 0. The summed E-state index contributed by atoms with van der Waals surface area (Å²) in [5.41, 5.74) is -0.0277. The lowest BCUT2D eigenvalue weighted by atomic mass is 9.87. The quantitative estimate of drug-likeness (QED) is 0.570. The number of aliphatic hydroxyl groups excluding tert-OH is 1. The van der Waals surface area contributed by atoms with Crippen LogP contribution in [0.2, 0.25) is 0 Å². The Morgan fingerprint density at radius 3 is 2.37 bits per heavy atom. The van der Waals surface area contributed by atoms with Crippen LogP contribution in [0.1, 0.15) is 52.9 Å². The van der Waals surface area contributed by atoms with Gasteiger partial charge in [-0.2, -0.15) is 12.7 Å². The van der Waals surface area contributed by atoms with E-state index in [2.05, 4.69) is 25.5 Å². The molecule has 0 unspecified atom stereocenters. The van der Waals surface area contributed by atoms with Crippen LogP contribution in [0.3, 0.4) is 0 Å². The van der Waals surface area contributed by atoms with Gasteiger partial charge in [0, 0.05) is 26.7 Å². The zero-order chi connectivity index (χ0) is 14.9. The predicted octanol–water partition coefficient (Wildman–Crippen LogP) is 1.74. The number of aliphatic hydroxyl groups is 1. The summed E-state index contributed by atoms with van der Waals surface area (Å²) in [6, 6.07) is 0. The Hall–Kier alpha value is -0.170. The Morgan fingerprint density at radius 2 is 1.84 bits per heavy atom.